The van der Waals surface area contributed by atoms with E-state index in [9.17, 15) is 9.59 Å². The summed E-state index contributed by atoms with van der Waals surface area (Å²) in [6, 6.07) is 4.95. The number of H-pyrrole nitrogens is 1. The zero-order valence-corrected chi connectivity index (χ0v) is 14.7. The summed E-state index contributed by atoms with van der Waals surface area (Å²) in [5.41, 5.74) is 1.86. The lowest BCUT2D eigenvalue weighted by Crippen LogP contribution is -2.50. The average molecular weight is 370 g/mol. The van der Waals surface area contributed by atoms with E-state index >= 15 is 0 Å². The van der Waals surface area contributed by atoms with Gasteiger partial charge in [0.25, 0.3) is 17.8 Å². The summed E-state index contributed by atoms with van der Waals surface area (Å²) in [6.07, 6.45) is 4.61. The SMILES string of the molecule is COc1ccc(C(=O)N2CCN(C(=O)c3cn[nH]c3-c3ccoc3)CC2)o1. The van der Waals surface area contributed by atoms with Gasteiger partial charge >= 0.3 is 0 Å². The summed E-state index contributed by atoms with van der Waals surface area (Å²) in [7, 11) is 1.48. The number of nitrogens with zero attached hydrogens (tertiary/aromatic N) is 3. The second-order valence-corrected chi connectivity index (χ2v) is 6.08. The molecule has 0 atom stereocenters. The van der Waals surface area contributed by atoms with Crippen molar-refractivity contribution >= 4 is 11.8 Å². The summed E-state index contributed by atoms with van der Waals surface area (Å²) in [6.45, 7) is 1.70. The summed E-state index contributed by atoms with van der Waals surface area (Å²) in [5, 5.41) is 6.82. The Kier molecular flexibility index (Phi) is 4.41. The van der Waals surface area contributed by atoms with Crippen molar-refractivity contribution in [2.75, 3.05) is 33.3 Å². The van der Waals surface area contributed by atoms with E-state index in [0.29, 0.717) is 43.4 Å². The zero-order valence-electron chi connectivity index (χ0n) is 14.7. The molecule has 9 nitrogen and oxygen atoms in total. The molecule has 0 radical (unpaired) electrons. The molecule has 9 heteroatoms. The van der Waals surface area contributed by atoms with Gasteiger partial charge in [-0.3, -0.25) is 14.7 Å². The molecule has 4 rings (SSSR count). The fraction of sp³-hybridized carbons (Fsp3) is 0.278. The molecule has 0 aliphatic carbocycles. The van der Waals surface area contributed by atoms with Gasteiger partial charge in [-0.2, -0.15) is 5.10 Å². The highest BCUT2D eigenvalue weighted by atomic mass is 16.6. The van der Waals surface area contributed by atoms with Gasteiger partial charge in [0, 0.05) is 37.8 Å². The van der Waals surface area contributed by atoms with Crippen LogP contribution in [-0.4, -0.2) is 65.1 Å². The predicted molar refractivity (Wildman–Crippen MR) is 93.4 cm³/mol. The summed E-state index contributed by atoms with van der Waals surface area (Å²) >= 11 is 0. The van der Waals surface area contributed by atoms with Gasteiger partial charge in [-0.1, -0.05) is 0 Å². The lowest BCUT2D eigenvalue weighted by molar-refractivity contribution is 0.0515. The molecule has 1 aliphatic heterocycles. The van der Waals surface area contributed by atoms with Crippen LogP contribution in [0.15, 0.2) is 45.8 Å². The molecular formula is C18H18N4O5. The van der Waals surface area contributed by atoms with Crippen LogP contribution in [0.4, 0.5) is 0 Å². The summed E-state index contributed by atoms with van der Waals surface area (Å²) in [5.74, 6) is 0.169. The largest absolute Gasteiger partial charge is 0.472 e. The van der Waals surface area contributed by atoms with Crippen LogP contribution in [0.25, 0.3) is 11.3 Å². The van der Waals surface area contributed by atoms with E-state index in [1.165, 1.54) is 13.3 Å². The Labute approximate surface area is 154 Å². The molecule has 0 bridgehead atoms. The van der Waals surface area contributed by atoms with E-state index in [0.717, 1.165) is 5.56 Å². The van der Waals surface area contributed by atoms with Crippen LogP contribution in [-0.2, 0) is 0 Å². The quantitative estimate of drug-likeness (QED) is 0.752. The number of nitrogens with one attached hydrogen (secondary N) is 1. The molecule has 1 aliphatic rings. The normalized spacial score (nSPS) is 14.4. The first-order chi connectivity index (χ1) is 13.2. The Morgan fingerprint density at radius 3 is 2.48 bits per heavy atom. The molecule has 1 fully saturated rings. The number of carbonyl (C=O) groups excluding carboxylic acids is 2. The lowest BCUT2D eigenvalue weighted by Gasteiger charge is -2.34. The summed E-state index contributed by atoms with van der Waals surface area (Å²) in [4.78, 5) is 28.7. The summed E-state index contributed by atoms with van der Waals surface area (Å²) < 4.78 is 15.4. The van der Waals surface area contributed by atoms with Crippen LogP contribution in [0.2, 0.25) is 0 Å². The van der Waals surface area contributed by atoms with Crippen molar-refractivity contribution in [3.8, 4) is 17.2 Å². The standard InChI is InChI=1S/C18H18N4O5/c1-25-15-3-2-14(27-15)18(24)22-7-5-21(6-8-22)17(23)13-10-19-20-16(13)12-4-9-26-11-12/h2-4,9-11H,5-8H2,1H3,(H,19,20). The maximum absolute atomic E-state index is 12.9. The van der Waals surface area contributed by atoms with Gasteiger partial charge in [0.05, 0.1) is 37.1 Å². The van der Waals surface area contributed by atoms with Crippen LogP contribution in [0.5, 0.6) is 5.95 Å². The van der Waals surface area contributed by atoms with Crippen LogP contribution in [0, 0.1) is 0 Å². The van der Waals surface area contributed by atoms with Crippen molar-refractivity contribution in [2.45, 2.75) is 0 Å². The number of rotatable bonds is 4. The Hall–Kier alpha value is -3.49. The molecule has 1 saturated heterocycles. The average Bonchev–Trinajstić information content (AvgIpc) is 3.47. The van der Waals surface area contributed by atoms with Crippen molar-refractivity contribution in [1.82, 2.24) is 20.0 Å². The number of ether oxygens (including phenoxy) is 1. The van der Waals surface area contributed by atoms with Gasteiger partial charge in [0.2, 0.25) is 0 Å². The molecule has 3 aromatic heterocycles. The van der Waals surface area contributed by atoms with Crippen molar-refractivity contribution < 1.29 is 23.2 Å². The van der Waals surface area contributed by atoms with Gasteiger partial charge in [-0.15, -0.1) is 0 Å². The molecule has 0 saturated carbocycles. The first-order valence-corrected chi connectivity index (χ1v) is 8.45. The number of hydrogen-bond acceptors (Lipinski definition) is 6. The van der Waals surface area contributed by atoms with Gasteiger partial charge in [-0.25, -0.2) is 0 Å². The van der Waals surface area contributed by atoms with E-state index in [1.807, 2.05) is 0 Å². The number of furan rings is 2. The molecular weight excluding hydrogens is 352 g/mol. The third kappa shape index (κ3) is 3.19. The van der Waals surface area contributed by atoms with Crippen LogP contribution in [0.1, 0.15) is 20.9 Å². The van der Waals surface area contributed by atoms with Crippen molar-refractivity contribution in [2.24, 2.45) is 0 Å². The Morgan fingerprint density at radius 1 is 1.11 bits per heavy atom. The maximum Gasteiger partial charge on any atom is 0.289 e. The monoisotopic (exact) mass is 370 g/mol. The number of aromatic amines is 1. The number of amides is 2. The second-order valence-electron chi connectivity index (χ2n) is 6.08. The minimum atomic E-state index is -0.215. The topological polar surface area (TPSA) is 105 Å². The first-order valence-electron chi connectivity index (χ1n) is 8.45. The van der Waals surface area contributed by atoms with Crippen molar-refractivity contribution in [3.05, 3.63) is 48.2 Å². The Bertz CT molecular complexity index is 935. The highest BCUT2D eigenvalue weighted by Gasteiger charge is 2.29. The number of hydrogen-bond donors (Lipinski definition) is 1. The molecule has 4 heterocycles. The molecule has 2 amide bonds. The van der Waals surface area contributed by atoms with Gasteiger partial charge in [0.15, 0.2) is 5.76 Å². The number of carbonyl (C=O) groups is 2. The highest BCUT2D eigenvalue weighted by molar-refractivity contribution is 6.00. The van der Waals surface area contributed by atoms with Crippen LogP contribution < -0.4 is 4.74 Å². The Morgan fingerprint density at radius 2 is 1.85 bits per heavy atom. The van der Waals surface area contributed by atoms with Crippen molar-refractivity contribution in [3.63, 3.8) is 0 Å². The Balaban J connectivity index is 1.41. The molecule has 0 aromatic carbocycles. The fourth-order valence-electron chi connectivity index (χ4n) is 3.06. The van der Waals surface area contributed by atoms with E-state index in [-0.39, 0.29) is 17.6 Å². The van der Waals surface area contributed by atoms with Crippen LogP contribution in [0.3, 0.4) is 0 Å². The van der Waals surface area contributed by atoms with E-state index in [2.05, 4.69) is 10.2 Å². The minimum Gasteiger partial charge on any atom is -0.472 e. The van der Waals surface area contributed by atoms with Gasteiger partial charge in [-0.05, 0) is 12.1 Å². The smallest absolute Gasteiger partial charge is 0.289 e. The lowest BCUT2D eigenvalue weighted by atomic mass is 10.1. The van der Waals surface area contributed by atoms with E-state index in [1.54, 1.807) is 40.5 Å². The predicted octanol–water partition coefficient (Wildman–Crippen LogP) is 1.87. The molecule has 3 aromatic rings. The molecule has 1 N–H and O–H groups in total. The minimum absolute atomic E-state index is 0.133. The van der Waals surface area contributed by atoms with Crippen molar-refractivity contribution in [1.29, 1.82) is 0 Å². The fourth-order valence-corrected chi connectivity index (χ4v) is 3.06. The third-order valence-corrected chi connectivity index (χ3v) is 4.53. The maximum atomic E-state index is 12.9. The number of piperazine rings is 1. The first kappa shape index (κ1) is 17.0. The third-order valence-electron chi connectivity index (χ3n) is 4.53. The van der Waals surface area contributed by atoms with Gasteiger partial charge in [0.1, 0.15) is 0 Å². The zero-order chi connectivity index (χ0) is 18.8. The number of aromatic nitrogens is 2. The molecule has 27 heavy (non-hydrogen) atoms. The number of methoxy groups -OCH3 is 1. The molecule has 0 spiro atoms. The van der Waals surface area contributed by atoms with E-state index < -0.39 is 0 Å². The highest BCUT2D eigenvalue weighted by Crippen LogP contribution is 2.23. The molecule has 0 unspecified atom stereocenters. The second kappa shape index (κ2) is 7.02. The molecule has 140 valence electrons. The van der Waals surface area contributed by atoms with Gasteiger partial charge < -0.3 is 23.4 Å². The van der Waals surface area contributed by atoms with E-state index in [4.69, 9.17) is 13.6 Å². The van der Waals surface area contributed by atoms with Crippen LogP contribution >= 0.6 is 0 Å².